The maximum absolute atomic E-state index is 12.9. The summed E-state index contributed by atoms with van der Waals surface area (Å²) in [6.07, 6.45) is 1.78. The van der Waals surface area contributed by atoms with E-state index in [4.69, 9.17) is 15.7 Å². The van der Waals surface area contributed by atoms with Crippen molar-refractivity contribution in [2.24, 2.45) is 0 Å². The average molecular weight is 437 g/mol. The van der Waals surface area contributed by atoms with Gasteiger partial charge in [0, 0.05) is 16.8 Å². The molecule has 0 saturated carbocycles. The predicted molar refractivity (Wildman–Crippen MR) is 130 cm³/mol. The van der Waals surface area contributed by atoms with E-state index in [9.17, 15) is 9.90 Å². The van der Waals surface area contributed by atoms with Crippen LogP contribution >= 0.6 is 0 Å². The number of nitrogen functional groups attached to an aromatic ring is 1. The van der Waals surface area contributed by atoms with E-state index >= 15 is 0 Å². The van der Waals surface area contributed by atoms with Crippen LogP contribution in [0.2, 0.25) is 0 Å². The summed E-state index contributed by atoms with van der Waals surface area (Å²) in [7, 11) is 0. The minimum atomic E-state index is -0.155. The van der Waals surface area contributed by atoms with Crippen LogP contribution in [0.25, 0.3) is 22.5 Å². The van der Waals surface area contributed by atoms with Crippen LogP contribution in [0.3, 0.4) is 0 Å². The molecule has 0 bridgehead atoms. The van der Waals surface area contributed by atoms with E-state index in [1.165, 1.54) is 0 Å². The molecule has 4 aromatic rings. The first-order chi connectivity index (χ1) is 16.0. The highest BCUT2D eigenvalue weighted by Crippen LogP contribution is 2.36. The Kier molecular flexibility index (Phi) is 5.26. The zero-order valence-corrected chi connectivity index (χ0v) is 18.3. The molecule has 33 heavy (non-hydrogen) atoms. The first-order valence-electron chi connectivity index (χ1n) is 10.9. The maximum Gasteiger partial charge on any atom is 0.230 e. The number of carbonyl (C=O) groups is 1. The number of amides is 1. The average Bonchev–Trinajstić information content (AvgIpc) is 2.80. The topological polar surface area (TPSA) is 101 Å². The Morgan fingerprint density at radius 2 is 1.73 bits per heavy atom. The molecule has 0 fully saturated rings. The number of anilines is 2. The third kappa shape index (κ3) is 4.28. The summed E-state index contributed by atoms with van der Waals surface area (Å²) in [5.41, 5.74) is 13.9. The van der Waals surface area contributed by atoms with Crippen molar-refractivity contribution < 1.29 is 9.90 Å². The number of hydrogen-bond donors (Lipinski definition) is 3. The zero-order chi connectivity index (χ0) is 22.9. The number of phenols is 1. The number of rotatable bonds is 4. The minimum Gasteiger partial charge on any atom is -0.508 e. The van der Waals surface area contributed by atoms with Crippen LogP contribution in [0.15, 0.2) is 66.7 Å². The molecule has 164 valence electrons. The van der Waals surface area contributed by atoms with E-state index in [2.05, 4.69) is 5.32 Å². The van der Waals surface area contributed by atoms with Gasteiger partial charge in [-0.3, -0.25) is 4.79 Å². The number of aromatic nitrogens is 2. The van der Waals surface area contributed by atoms with E-state index in [0.717, 1.165) is 57.7 Å². The first kappa shape index (κ1) is 20.7. The molecule has 1 aromatic heterocycles. The molecular formula is C27H24N4O2. The molecule has 5 rings (SSSR count). The van der Waals surface area contributed by atoms with Crippen molar-refractivity contribution in [2.75, 3.05) is 11.1 Å². The van der Waals surface area contributed by atoms with Gasteiger partial charge in [0.2, 0.25) is 5.91 Å². The van der Waals surface area contributed by atoms with Gasteiger partial charge in [-0.15, -0.1) is 0 Å². The van der Waals surface area contributed by atoms with Crippen LogP contribution in [-0.4, -0.2) is 21.0 Å². The number of nitrogens with two attached hydrogens (primary N) is 1. The van der Waals surface area contributed by atoms with E-state index in [1.807, 2.05) is 49.4 Å². The summed E-state index contributed by atoms with van der Waals surface area (Å²) >= 11 is 0. The van der Waals surface area contributed by atoms with Gasteiger partial charge in [0.25, 0.3) is 0 Å². The second-order valence-corrected chi connectivity index (χ2v) is 8.39. The van der Waals surface area contributed by atoms with Gasteiger partial charge in [-0.25, -0.2) is 9.97 Å². The normalized spacial score (nSPS) is 12.0. The summed E-state index contributed by atoms with van der Waals surface area (Å²) < 4.78 is 0. The van der Waals surface area contributed by atoms with Crippen molar-refractivity contribution in [3.05, 3.63) is 89.1 Å². The molecule has 6 heteroatoms. The van der Waals surface area contributed by atoms with Gasteiger partial charge in [-0.2, -0.15) is 0 Å². The molecule has 1 aliphatic carbocycles. The zero-order valence-electron chi connectivity index (χ0n) is 18.3. The Labute approximate surface area is 192 Å². The molecule has 3 aromatic carbocycles. The lowest BCUT2D eigenvalue weighted by molar-refractivity contribution is -0.115. The van der Waals surface area contributed by atoms with Gasteiger partial charge in [0.1, 0.15) is 11.4 Å². The van der Waals surface area contributed by atoms with E-state index in [-0.39, 0.29) is 18.1 Å². The molecule has 0 spiro atoms. The Bertz CT molecular complexity index is 1350. The van der Waals surface area contributed by atoms with Crippen LogP contribution < -0.4 is 11.1 Å². The van der Waals surface area contributed by atoms with Crippen molar-refractivity contribution in [2.45, 2.75) is 26.2 Å². The predicted octanol–water partition coefficient (Wildman–Crippen LogP) is 4.69. The van der Waals surface area contributed by atoms with Crippen molar-refractivity contribution in [1.82, 2.24) is 9.97 Å². The van der Waals surface area contributed by atoms with Crippen molar-refractivity contribution in [3.63, 3.8) is 0 Å². The number of fused-ring (bicyclic) bond motifs is 3. The lowest BCUT2D eigenvalue weighted by Crippen LogP contribution is -2.19. The highest BCUT2D eigenvalue weighted by Gasteiger charge is 2.23. The number of hydrogen-bond acceptors (Lipinski definition) is 5. The highest BCUT2D eigenvalue weighted by atomic mass is 16.3. The molecule has 0 atom stereocenters. The molecule has 0 saturated heterocycles. The third-order valence-electron chi connectivity index (χ3n) is 5.87. The summed E-state index contributed by atoms with van der Waals surface area (Å²) in [5.74, 6) is 0.433. The second kappa shape index (κ2) is 8.39. The molecule has 1 aliphatic rings. The Morgan fingerprint density at radius 1 is 0.970 bits per heavy atom. The van der Waals surface area contributed by atoms with Gasteiger partial charge in [0.15, 0.2) is 5.82 Å². The SMILES string of the molecule is Cc1ccc(CC(=O)Nc2nc3c(nc2-c2ccc(O)cc2)-c2ccc(N)cc2CC3)cc1. The smallest absolute Gasteiger partial charge is 0.230 e. The second-order valence-electron chi connectivity index (χ2n) is 8.39. The molecule has 0 unspecified atom stereocenters. The monoisotopic (exact) mass is 436 g/mol. The van der Waals surface area contributed by atoms with Gasteiger partial charge >= 0.3 is 0 Å². The number of benzene rings is 3. The Morgan fingerprint density at radius 3 is 2.48 bits per heavy atom. The summed E-state index contributed by atoms with van der Waals surface area (Å²) in [6, 6.07) is 20.5. The number of nitrogens with zero attached hydrogens (tertiary/aromatic N) is 2. The molecule has 0 aliphatic heterocycles. The Balaban J connectivity index is 1.55. The Hall–Kier alpha value is -4.19. The molecule has 6 nitrogen and oxygen atoms in total. The third-order valence-corrected chi connectivity index (χ3v) is 5.87. The van der Waals surface area contributed by atoms with Crippen molar-refractivity contribution >= 4 is 17.4 Å². The van der Waals surface area contributed by atoms with Crippen LogP contribution in [0.5, 0.6) is 5.75 Å². The molecule has 4 N–H and O–H groups in total. The lowest BCUT2D eigenvalue weighted by Gasteiger charge is -2.21. The number of carbonyl (C=O) groups excluding carboxylic acids is 1. The molecule has 0 radical (unpaired) electrons. The minimum absolute atomic E-state index is 0.155. The van der Waals surface area contributed by atoms with Crippen molar-refractivity contribution in [1.29, 1.82) is 0 Å². The molecule has 1 amide bonds. The fraction of sp³-hybridized carbons (Fsp3) is 0.148. The van der Waals surface area contributed by atoms with Crippen LogP contribution in [0.1, 0.15) is 22.4 Å². The standard InChI is InChI=1S/C27H24N4O2/c1-16-2-4-17(5-3-16)14-24(33)30-27-25(18-6-10-21(32)11-7-18)31-26-22-12-9-20(28)15-19(22)8-13-23(26)29-27/h2-7,9-12,15,32H,8,13-14,28H2,1H3,(H,29,30,33). The lowest BCUT2D eigenvalue weighted by atomic mass is 9.91. The number of aryl methyl sites for hydroxylation is 3. The largest absolute Gasteiger partial charge is 0.508 e. The van der Waals surface area contributed by atoms with Crippen molar-refractivity contribution in [3.8, 4) is 28.3 Å². The maximum atomic E-state index is 12.9. The van der Waals surface area contributed by atoms with Gasteiger partial charge in [-0.1, -0.05) is 35.9 Å². The van der Waals surface area contributed by atoms with Gasteiger partial charge in [-0.05, 0) is 67.3 Å². The summed E-state index contributed by atoms with van der Waals surface area (Å²) in [4.78, 5) is 22.7. The number of nitrogens with one attached hydrogen (secondary N) is 1. The van der Waals surface area contributed by atoms with Crippen LogP contribution in [-0.2, 0) is 24.1 Å². The van der Waals surface area contributed by atoms with E-state index < -0.39 is 0 Å². The number of phenolic OH excluding ortho intramolecular Hbond substituents is 1. The van der Waals surface area contributed by atoms with E-state index in [0.29, 0.717) is 11.5 Å². The van der Waals surface area contributed by atoms with Crippen LogP contribution in [0.4, 0.5) is 11.5 Å². The number of aromatic hydroxyl groups is 1. The quantitative estimate of drug-likeness (QED) is 0.403. The molecular weight excluding hydrogens is 412 g/mol. The van der Waals surface area contributed by atoms with E-state index in [1.54, 1.807) is 24.3 Å². The first-order valence-corrected chi connectivity index (χ1v) is 10.9. The summed E-state index contributed by atoms with van der Waals surface area (Å²) in [5, 5.41) is 12.7. The van der Waals surface area contributed by atoms with Gasteiger partial charge < -0.3 is 16.2 Å². The molecule has 1 heterocycles. The highest BCUT2D eigenvalue weighted by molar-refractivity contribution is 5.95. The fourth-order valence-electron chi connectivity index (χ4n) is 4.14. The fourth-order valence-corrected chi connectivity index (χ4v) is 4.14. The van der Waals surface area contributed by atoms with Gasteiger partial charge in [0.05, 0.1) is 17.8 Å². The summed E-state index contributed by atoms with van der Waals surface area (Å²) in [6.45, 7) is 2.02. The van der Waals surface area contributed by atoms with Crippen LogP contribution in [0, 0.1) is 6.92 Å².